The Morgan fingerprint density at radius 2 is 1.84 bits per heavy atom. The highest BCUT2D eigenvalue weighted by molar-refractivity contribution is 6.43. The molecule has 0 aliphatic carbocycles. The van der Waals surface area contributed by atoms with Crippen molar-refractivity contribution in [3.8, 4) is 5.75 Å². The molecule has 2 rings (SSSR count). The molecule has 0 spiro atoms. The lowest BCUT2D eigenvalue weighted by atomic mass is 9.99. The molecule has 19 heavy (non-hydrogen) atoms. The maximum Gasteiger partial charge on any atom is 0.144 e. The van der Waals surface area contributed by atoms with Gasteiger partial charge in [-0.3, -0.25) is 0 Å². The molecule has 0 aromatic heterocycles. The van der Waals surface area contributed by atoms with Gasteiger partial charge in [-0.05, 0) is 23.6 Å². The van der Waals surface area contributed by atoms with Crippen molar-refractivity contribution in [1.82, 2.24) is 0 Å². The molecule has 5 heteroatoms. The first kappa shape index (κ1) is 13.7. The number of nitrogens with zero attached hydrogens (tertiary/aromatic N) is 1. The number of rotatable bonds is 3. The molecule has 0 heterocycles. The third kappa shape index (κ3) is 3.00. The lowest BCUT2D eigenvalue weighted by Gasteiger charge is -2.10. The maximum atomic E-state index is 9.95. The highest BCUT2D eigenvalue weighted by atomic mass is 35.5. The Balaban J connectivity index is 2.50. The van der Waals surface area contributed by atoms with E-state index in [4.69, 9.17) is 28.4 Å². The number of phenols is 1. The maximum absolute atomic E-state index is 9.95. The summed E-state index contributed by atoms with van der Waals surface area (Å²) < 4.78 is 0. The lowest BCUT2D eigenvalue weighted by Crippen LogP contribution is -1.97. The molecular weight excluding hydrogens is 285 g/mol. The van der Waals surface area contributed by atoms with Gasteiger partial charge in [-0.1, -0.05) is 58.7 Å². The average molecular weight is 296 g/mol. The van der Waals surface area contributed by atoms with Gasteiger partial charge >= 0.3 is 0 Å². The van der Waals surface area contributed by atoms with Crippen LogP contribution < -0.4 is 0 Å². The third-order valence-corrected chi connectivity index (χ3v) is 3.52. The summed E-state index contributed by atoms with van der Waals surface area (Å²) in [4.78, 5) is 0. The van der Waals surface area contributed by atoms with Gasteiger partial charge in [0.25, 0.3) is 0 Å². The van der Waals surface area contributed by atoms with Crippen LogP contribution in [-0.4, -0.2) is 16.5 Å². The topological polar surface area (TPSA) is 52.8 Å². The Hall–Kier alpha value is -1.71. The van der Waals surface area contributed by atoms with Gasteiger partial charge in [-0.2, -0.15) is 0 Å². The molecule has 0 unspecified atom stereocenters. The van der Waals surface area contributed by atoms with Crippen LogP contribution in [0.3, 0.4) is 0 Å². The molecule has 0 atom stereocenters. The van der Waals surface area contributed by atoms with Crippen LogP contribution in [0.2, 0.25) is 10.0 Å². The molecule has 0 radical (unpaired) electrons. The zero-order chi connectivity index (χ0) is 13.8. The van der Waals surface area contributed by atoms with Crippen molar-refractivity contribution < 1.29 is 10.3 Å². The number of aromatic hydroxyl groups is 1. The Labute approximate surface area is 120 Å². The number of hydrogen-bond acceptors (Lipinski definition) is 3. The number of oxime groups is 1. The van der Waals surface area contributed by atoms with Crippen LogP contribution in [-0.2, 0) is 6.42 Å². The Kier molecular flexibility index (Phi) is 4.30. The Bertz CT molecular complexity index is 613. The van der Waals surface area contributed by atoms with Crippen molar-refractivity contribution in [2.24, 2.45) is 5.16 Å². The molecule has 0 bridgehead atoms. The van der Waals surface area contributed by atoms with Gasteiger partial charge in [0.05, 0.1) is 11.2 Å². The van der Waals surface area contributed by atoms with Gasteiger partial charge < -0.3 is 10.3 Å². The first-order valence-electron chi connectivity index (χ1n) is 5.54. The first-order chi connectivity index (χ1) is 9.13. The molecule has 0 amide bonds. The van der Waals surface area contributed by atoms with E-state index in [9.17, 15) is 5.11 Å². The molecule has 0 fully saturated rings. The van der Waals surface area contributed by atoms with Gasteiger partial charge in [0, 0.05) is 5.56 Å². The minimum absolute atomic E-state index is 0.0494. The summed E-state index contributed by atoms with van der Waals surface area (Å²) in [5.74, 6) is -0.183. The van der Waals surface area contributed by atoms with Crippen molar-refractivity contribution in [3.63, 3.8) is 0 Å². The van der Waals surface area contributed by atoms with Gasteiger partial charge in [0.15, 0.2) is 0 Å². The molecule has 98 valence electrons. The zero-order valence-corrected chi connectivity index (χ0v) is 11.4. The predicted molar refractivity (Wildman–Crippen MR) is 76.8 cm³/mol. The number of phenolic OH excluding ortho intramolecular Hbond substituents is 1. The second kappa shape index (κ2) is 5.95. The number of hydrogen-bond donors (Lipinski definition) is 2. The summed E-state index contributed by atoms with van der Waals surface area (Å²) in [5.41, 5.74) is 2.14. The second-order valence-corrected chi connectivity index (χ2v) is 4.79. The SMILES string of the molecule is ON=Cc1c(Cc2ccccc2)cc(Cl)c(Cl)c1O. The molecular formula is C14H11Cl2NO2. The number of halogens is 2. The van der Waals surface area contributed by atoms with E-state index in [0.29, 0.717) is 12.0 Å². The van der Waals surface area contributed by atoms with Crippen molar-refractivity contribution >= 4 is 29.4 Å². The number of benzene rings is 2. The van der Waals surface area contributed by atoms with E-state index >= 15 is 0 Å². The largest absolute Gasteiger partial charge is 0.506 e. The normalized spacial score (nSPS) is 11.1. The molecule has 0 saturated carbocycles. The van der Waals surface area contributed by atoms with Gasteiger partial charge in [0.2, 0.25) is 0 Å². The van der Waals surface area contributed by atoms with Gasteiger partial charge in [-0.25, -0.2) is 0 Å². The smallest absolute Gasteiger partial charge is 0.144 e. The quantitative estimate of drug-likeness (QED) is 0.509. The predicted octanol–water partition coefficient (Wildman–Crippen LogP) is 4.10. The zero-order valence-electron chi connectivity index (χ0n) is 9.85. The molecule has 0 aliphatic rings. The Morgan fingerprint density at radius 3 is 2.47 bits per heavy atom. The standard InChI is InChI=1S/C14H11Cl2NO2/c15-12-7-10(6-9-4-2-1-3-5-9)11(8-17-19)14(18)13(12)16/h1-5,7-8,18-19H,6H2. The summed E-state index contributed by atoms with van der Waals surface area (Å²) in [5, 5.41) is 21.9. The van der Waals surface area contributed by atoms with Crippen LogP contribution in [0.1, 0.15) is 16.7 Å². The highest BCUT2D eigenvalue weighted by Gasteiger charge is 2.14. The highest BCUT2D eigenvalue weighted by Crippen LogP contribution is 2.36. The second-order valence-electron chi connectivity index (χ2n) is 4.00. The summed E-state index contributed by atoms with van der Waals surface area (Å²) in [6.45, 7) is 0. The van der Waals surface area contributed by atoms with Crippen LogP contribution in [0.4, 0.5) is 0 Å². The summed E-state index contributed by atoms with van der Waals surface area (Å²) in [6.07, 6.45) is 1.70. The van der Waals surface area contributed by atoms with Crippen molar-refractivity contribution in [1.29, 1.82) is 0 Å². The van der Waals surface area contributed by atoms with E-state index < -0.39 is 0 Å². The average Bonchev–Trinajstić information content (AvgIpc) is 2.42. The summed E-state index contributed by atoms with van der Waals surface area (Å²) in [7, 11) is 0. The molecule has 3 nitrogen and oxygen atoms in total. The van der Waals surface area contributed by atoms with E-state index in [0.717, 1.165) is 17.3 Å². The molecule has 0 aliphatic heterocycles. The lowest BCUT2D eigenvalue weighted by molar-refractivity contribution is 0.321. The van der Waals surface area contributed by atoms with Crippen LogP contribution >= 0.6 is 23.2 Å². The minimum atomic E-state index is -0.183. The third-order valence-electron chi connectivity index (χ3n) is 2.74. The van der Waals surface area contributed by atoms with Crippen molar-refractivity contribution in [2.45, 2.75) is 6.42 Å². The van der Waals surface area contributed by atoms with Crippen LogP contribution in [0, 0.1) is 0 Å². The van der Waals surface area contributed by atoms with E-state index in [-0.39, 0.29) is 15.8 Å². The van der Waals surface area contributed by atoms with E-state index in [2.05, 4.69) is 5.16 Å². The van der Waals surface area contributed by atoms with Crippen LogP contribution in [0.15, 0.2) is 41.6 Å². The van der Waals surface area contributed by atoms with E-state index in [1.807, 2.05) is 30.3 Å². The summed E-state index contributed by atoms with van der Waals surface area (Å²) >= 11 is 11.8. The van der Waals surface area contributed by atoms with E-state index in [1.54, 1.807) is 6.07 Å². The molecule has 2 N–H and O–H groups in total. The van der Waals surface area contributed by atoms with Crippen molar-refractivity contribution in [2.75, 3.05) is 0 Å². The molecule has 2 aromatic carbocycles. The van der Waals surface area contributed by atoms with Crippen LogP contribution in [0.5, 0.6) is 5.75 Å². The molecule has 2 aromatic rings. The fourth-order valence-electron chi connectivity index (χ4n) is 1.84. The van der Waals surface area contributed by atoms with E-state index in [1.165, 1.54) is 0 Å². The van der Waals surface area contributed by atoms with Gasteiger partial charge in [0.1, 0.15) is 10.8 Å². The fraction of sp³-hybridized carbons (Fsp3) is 0.0714. The van der Waals surface area contributed by atoms with Crippen LogP contribution in [0.25, 0.3) is 0 Å². The van der Waals surface area contributed by atoms with Crippen molar-refractivity contribution in [3.05, 3.63) is 63.1 Å². The van der Waals surface area contributed by atoms with Gasteiger partial charge in [-0.15, -0.1) is 0 Å². The monoisotopic (exact) mass is 295 g/mol. The first-order valence-corrected chi connectivity index (χ1v) is 6.30. The molecule has 0 saturated heterocycles. The fourth-order valence-corrected chi connectivity index (χ4v) is 2.22. The minimum Gasteiger partial charge on any atom is -0.506 e. The summed E-state index contributed by atoms with van der Waals surface area (Å²) in [6, 6.07) is 11.3. The Morgan fingerprint density at radius 1 is 1.16 bits per heavy atom.